The second-order valence-corrected chi connectivity index (χ2v) is 5.10. The highest BCUT2D eigenvalue weighted by molar-refractivity contribution is 5.96. The Bertz CT molecular complexity index is 878. The van der Waals surface area contributed by atoms with Crippen molar-refractivity contribution in [1.82, 2.24) is 15.1 Å². The Morgan fingerprint density at radius 2 is 2.04 bits per heavy atom. The lowest BCUT2D eigenvalue weighted by molar-refractivity contribution is 0.0527. The second-order valence-electron chi connectivity index (χ2n) is 5.10. The van der Waals surface area contributed by atoms with Gasteiger partial charge in [-0.15, -0.1) is 0 Å². The molecule has 0 spiro atoms. The van der Waals surface area contributed by atoms with Crippen LogP contribution in [0.3, 0.4) is 0 Å². The molecule has 0 aliphatic carbocycles. The molecule has 2 aromatic heterocycles. The van der Waals surface area contributed by atoms with E-state index >= 15 is 0 Å². The quantitative estimate of drug-likeness (QED) is 0.659. The standard InChI is InChI=1S/C17H17N5O3/c1-3-24-16(23)12-6-4-5-7-13(12)19-17-18-9-8-14(21-17)20-15-10-11(2)25-22-15/h4-10H,3H2,1-2H3,(H2,18,19,20,21,22). The van der Waals surface area contributed by atoms with Gasteiger partial charge in [-0.25, -0.2) is 9.78 Å². The average molecular weight is 339 g/mol. The zero-order chi connectivity index (χ0) is 17.6. The number of carbonyl (C=O) groups is 1. The highest BCUT2D eigenvalue weighted by Crippen LogP contribution is 2.21. The van der Waals surface area contributed by atoms with E-state index in [4.69, 9.17) is 9.26 Å². The molecule has 0 fully saturated rings. The summed E-state index contributed by atoms with van der Waals surface area (Å²) in [6.07, 6.45) is 1.59. The highest BCUT2D eigenvalue weighted by atomic mass is 16.5. The maximum absolute atomic E-state index is 12.0. The van der Waals surface area contributed by atoms with Gasteiger partial charge in [0.2, 0.25) is 5.95 Å². The number of esters is 1. The number of benzene rings is 1. The monoisotopic (exact) mass is 339 g/mol. The van der Waals surface area contributed by atoms with E-state index in [0.717, 1.165) is 0 Å². The lowest BCUT2D eigenvalue weighted by atomic mass is 10.2. The lowest BCUT2D eigenvalue weighted by Crippen LogP contribution is -2.09. The molecule has 2 heterocycles. The van der Waals surface area contributed by atoms with E-state index in [0.29, 0.717) is 41.2 Å². The molecule has 0 bridgehead atoms. The zero-order valence-electron chi connectivity index (χ0n) is 13.8. The van der Waals surface area contributed by atoms with E-state index in [2.05, 4.69) is 25.8 Å². The van der Waals surface area contributed by atoms with Crippen molar-refractivity contribution >= 4 is 29.2 Å². The summed E-state index contributed by atoms with van der Waals surface area (Å²) >= 11 is 0. The largest absolute Gasteiger partial charge is 0.462 e. The molecule has 0 aliphatic heterocycles. The Kier molecular flexibility index (Phi) is 4.89. The van der Waals surface area contributed by atoms with Crippen LogP contribution in [0.25, 0.3) is 0 Å². The van der Waals surface area contributed by atoms with Crippen LogP contribution in [-0.2, 0) is 4.74 Å². The zero-order valence-corrected chi connectivity index (χ0v) is 13.8. The van der Waals surface area contributed by atoms with Crippen LogP contribution in [0.4, 0.5) is 23.3 Å². The number of nitrogens with one attached hydrogen (secondary N) is 2. The summed E-state index contributed by atoms with van der Waals surface area (Å²) in [5.41, 5.74) is 0.980. The molecular weight excluding hydrogens is 322 g/mol. The van der Waals surface area contributed by atoms with E-state index in [1.807, 2.05) is 6.07 Å². The van der Waals surface area contributed by atoms with Crippen LogP contribution in [0, 0.1) is 6.92 Å². The molecule has 2 N–H and O–H groups in total. The number of aromatic nitrogens is 3. The molecule has 0 radical (unpaired) electrons. The molecule has 0 unspecified atom stereocenters. The van der Waals surface area contributed by atoms with E-state index in [9.17, 15) is 4.79 Å². The van der Waals surface area contributed by atoms with Crippen LogP contribution in [-0.4, -0.2) is 27.7 Å². The number of rotatable bonds is 6. The number of aryl methyl sites for hydroxylation is 1. The third-order valence-corrected chi connectivity index (χ3v) is 3.21. The van der Waals surface area contributed by atoms with Crippen LogP contribution in [0.2, 0.25) is 0 Å². The van der Waals surface area contributed by atoms with Crippen molar-refractivity contribution in [2.45, 2.75) is 13.8 Å². The smallest absolute Gasteiger partial charge is 0.340 e. The molecule has 0 amide bonds. The third-order valence-electron chi connectivity index (χ3n) is 3.21. The van der Waals surface area contributed by atoms with Crippen LogP contribution >= 0.6 is 0 Å². The number of carbonyl (C=O) groups excluding carboxylic acids is 1. The molecule has 3 rings (SSSR count). The van der Waals surface area contributed by atoms with Crippen LogP contribution in [0.5, 0.6) is 0 Å². The first-order valence-corrected chi connectivity index (χ1v) is 7.72. The molecule has 0 atom stereocenters. The van der Waals surface area contributed by atoms with Crippen LogP contribution < -0.4 is 10.6 Å². The summed E-state index contributed by atoms with van der Waals surface area (Å²) in [5.74, 6) is 1.71. The Labute approximate surface area is 144 Å². The summed E-state index contributed by atoms with van der Waals surface area (Å²) in [7, 11) is 0. The van der Waals surface area contributed by atoms with Crippen molar-refractivity contribution in [3.8, 4) is 0 Å². The van der Waals surface area contributed by atoms with Gasteiger partial charge in [0.05, 0.1) is 17.9 Å². The van der Waals surface area contributed by atoms with Gasteiger partial charge in [-0.05, 0) is 32.0 Å². The van der Waals surface area contributed by atoms with Gasteiger partial charge in [0, 0.05) is 12.3 Å². The molecular formula is C17H17N5O3. The van der Waals surface area contributed by atoms with Gasteiger partial charge in [-0.2, -0.15) is 4.98 Å². The van der Waals surface area contributed by atoms with E-state index < -0.39 is 5.97 Å². The van der Waals surface area contributed by atoms with Crippen molar-refractivity contribution < 1.29 is 14.1 Å². The Balaban J connectivity index is 1.80. The number of hydrogen-bond donors (Lipinski definition) is 2. The Morgan fingerprint density at radius 3 is 2.80 bits per heavy atom. The maximum atomic E-state index is 12.0. The SMILES string of the molecule is CCOC(=O)c1ccccc1Nc1nccc(Nc2cc(C)on2)n1. The second kappa shape index (κ2) is 7.43. The van der Waals surface area contributed by atoms with E-state index in [1.165, 1.54) is 0 Å². The van der Waals surface area contributed by atoms with Crippen molar-refractivity contribution in [3.05, 3.63) is 53.9 Å². The minimum absolute atomic E-state index is 0.306. The van der Waals surface area contributed by atoms with Crippen molar-refractivity contribution in [3.63, 3.8) is 0 Å². The van der Waals surface area contributed by atoms with Gasteiger partial charge in [0.15, 0.2) is 5.82 Å². The molecule has 0 saturated carbocycles. The number of anilines is 4. The van der Waals surface area contributed by atoms with Crippen molar-refractivity contribution in [2.24, 2.45) is 0 Å². The minimum atomic E-state index is -0.405. The summed E-state index contributed by atoms with van der Waals surface area (Å²) in [6.45, 7) is 3.87. The number of hydrogen-bond acceptors (Lipinski definition) is 8. The molecule has 128 valence electrons. The molecule has 25 heavy (non-hydrogen) atoms. The Morgan fingerprint density at radius 1 is 1.20 bits per heavy atom. The average Bonchev–Trinajstić information content (AvgIpc) is 3.01. The molecule has 0 saturated heterocycles. The first-order chi connectivity index (χ1) is 12.2. The summed E-state index contributed by atoms with van der Waals surface area (Å²) < 4.78 is 10.1. The van der Waals surface area contributed by atoms with Crippen molar-refractivity contribution in [2.75, 3.05) is 17.2 Å². The minimum Gasteiger partial charge on any atom is -0.462 e. The van der Waals surface area contributed by atoms with Gasteiger partial charge in [-0.3, -0.25) is 0 Å². The first kappa shape index (κ1) is 16.4. The molecule has 8 nitrogen and oxygen atoms in total. The fraction of sp³-hybridized carbons (Fsp3) is 0.176. The maximum Gasteiger partial charge on any atom is 0.340 e. The fourth-order valence-corrected chi connectivity index (χ4v) is 2.14. The molecule has 3 aromatic rings. The number of para-hydroxylation sites is 1. The normalized spacial score (nSPS) is 10.3. The third kappa shape index (κ3) is 4.11. The van der Waals surface area contributed by atoms with Crippen LogP contribution in [0.15, 0.2) is 47.1 Å². The number of nitrogens with zero attached hydrogens (tertiary/aromatic N) is 3. The predicted molar refractivity (Wildman–Crippen MR) is 92.2 cm³/mol. The van der Waals surface area contributed by atoms with Gasteiger partial charge >= 0.3 is 5.97 Å². The van der Waals surface area contributed by atoms with Gasteiger partial charge in [-0.1, -0.05) is 17.3 Å². The van der Waals surface area contributed by atoms with Gasteiger partial charge in [0.1, 0.15) is 11.6 Å². The topological polar surface area (TPSA) is 102 Å². The van der Waals surface area contributed by atoms with Gasteiger partial charge < -0.3 is 19.9 Å². The van der Waals surface area contributed by atoms with Crippen LogP contribution in [0.1, 0.15) is 23.0 Å². The fourth-order valence-electron chi connectivity index (χ4n) is 2.14. The highest BCUT2D eigenvalue weighted by Gasteiger charge is 2.13. The summed E-state index contributed by atoms with van der Waals surface area (Å²) in [4.78, 5) is 20.6. The molecule has 8 heteroatoms. The summed E-state index contributed by atoms with van der Waals surface area (Å²) in [5, 5.41) is 9.91. The predicted octanol–water partition coefficient (Wildman–Crippen LogP) is 3.44. The lowest BCUT2D eigenvalue weighted by Gasteiger charge is -2.10. The van der Waals surface area contributed by atoms with E-state index in [1.54, 1.807) is 50.4 Å². The number of ether oxygens (including phenoxy) is 1. The summed E-state index contributed by atoms with van der Waals surface area (Å²) in [6, 6.07) is 10.5. The first-order valence-electron chi connectivity index (χ1n) is 7.72. The molecule has 1 aromatic carbocycles. The van der Waals surface area contributed by atoms with E-state index in [-0.39, 0.29) is 0 Å². The van der Waals surface area contributed by atoms with Crippen molar-refractivity contribution in [1.29, 1.82) is 0 Å². The van der Waals surface area contributed by atoms with Gasteiger partial charge in [0.25, 0.3) is 0 Å². The molecule has 0 aliphatic rings. The Hall–Kier alpha value is -3.42.